The van der Waals surface area contributed by atoms with Gasteiger partial charge in [-0.2, -0.15) is 5.10 Å². The van der Waals surface area contributed by atoms with Crippen molar-refractivity contribution in [2.24, 2.45) is 0 Å². The predicted octanol–water partition coefficient (Wildman–Crippen LogP) is 1.64. The van der Waals surface area contributed by atoms with E-state index in [1.807, 2.05) is 12.4 Å². The van der Waals surface area contributed by atoms with Gasteiger partial charge in [-0.05, 0) is 31.9 Å². The number of nitrogens with one attached hydrogen (secondary N) is 1. The molecule has 0 aromatic carbocycles. The van der Waals surface area contributed by atoms with E-state index in [4.69, 9.17) is 5.10 Å². The molecule has 0 atom stereocenters. The summed E-state index contributed by atoms with van der Waals surface area (Å²) in [6.07, 6.45) is 8.39. The van der Waals surface area contributed by atoms with E-state index in [9.17, 15) is 0 Å². The van der Waals surface area contributed by atoms with Crippen molar-refractivity contribution in [2.75, 3.05) is 6.54 Å². The predicted molar refractivity (Wildman–Crippen MR) is 99.1 cm³/mol. The molecule has 5 rings (SSSR count). The molecule has 0 spiro atoms. The minimum absolute atomic E-state index is 0. The zero-order valence-corrected chi connectivity index (χ0v) is 15.5. The molecule has 2 aliphatic rings. The summed E-state index contributed by atoms with van der Waals surface area (Å²) in [6, 6.07) is 2.15. The summed E-state index contributed by atoms with van der Waals surface area (Å²) >= 11 is 0. The maximum Gasteiger partial charge on any atom is 0.160 e. The Morgan fingerprint density at radius 3 is 3.04 bits per heavy atom. The molecule has 3 aromatic rings. The van der Waals surface area contributed by atoms with Crippen molar-refractivity contribution in [3.63, 3.8) is 0 Å². The van der Waals surface area contributed by atoms with E-state index in [1.54, 1.807) is 0 Å². The minimum atomic E-state index is 0. The van der Waals surface area contributed by atoms with Crippen molar-refractivity contribution in [2.45, 2.75) is 51.9 Å². The smallest absolute Gasteiger partial charge is 0.160 e. The number of halogens is 1. The van der Waals surface area contributed by atoms with Crippen LogP contribution in [0.3, 0.4) is 0 Å². The Labute approximate surface area is 158 Å². The van der Waals surface area contributed by atoms with Crippen LogP contribution in [0.1, 0.15) is 36.6 Å². The Morgan fingerprint density at radius 1 is 1.12 bits per heavy atom. The second-order valence-electron chi connectivity index (χ2n) is 6.79. The van der Waals surface area contributed by atoms with Gasteiger partial charge in [0.25, 0.3) is 0 Å². The van der Waals surface area contributed by atoms with E-state index in [1.165, 1.54) is 18.5 Å². The fourth-order valence-corrected chi connectivity index (χ4v) is 3.78. The standard InChI is InChI=1S/C17H22N8.ClH/c1-2-7-24-15(4-1)20-21-16(24)12-23-9-6-19-17(23)14-10-13-11-18-5-3-8-25(13)22-14;/h6,9-10,18H,1-5,7-8,11-12H2;1H. The number of fused-ring (bicyclic) bond motifs is 2. The molecule has 8 nitrogen and oxygen atoms in total. The molecule has 9 heteroatoms. The van der Waals surface area contributed by atoms with Crippen LogP contribution in [0.2, 0.25) is 0 Å². The number of aromatic nitrogens is 7. The minimum Gasteiger partial charge on any atom is -0.322 e. The van der Waals surface area contributed by atoms with Crippen molar-refractivity contribution in [1.82, 2.24) is 39.4 Å². The van der Waals surface area contributed by atoms with Crippen LogP contribution in [0.4, 0.5) is 0 Å². The summed E-state index contributed by atoms with van der Waals surface area (Å²) in [5.41, 5.74) is 2.16. The van der Waals surface area contributed by atoms with Gasteiger partial charge in [0.15, 0.2) is 11.6 Å². The first-order valence-corrected chi connectivity index (χ1v) is 9.08. The van der Waals surface area contributed by atoms with Gasteiger partial charge in [0.1, 0.15) is 11.5 Å². The van der Waals surface area contributed by atoms with Crippen molar-refractivity contribution in [3.05, 3.63) is 35.8 Å². The van der Waals surface area contributed by atoms with Crippen LogP contribution >= 0.6 is 12.4 Å². The monoisotopic (exact) mass is 374 g/mol. The van der Waals surface area contributed by atoms with Gasteiger partial charge < -0.3 is 14.5 Å². The van der Waals surface area contributed by atoms with Crippen LogP contribution in [-0.4, -0.2) is 40.6 Å². The SMILES string of the molecule is Cl.c1cn(Cc2nnc3n2CCCC3)c(-c2cc3n(n2)CCCNC3)n1. The zero-order chi connectivity index (χ0) is 16.6. The number of hydrogen-bond donors (Lipinski definition) is 1. The van der Waals surface area contributed by atoms with Gasteiger partial charge in [-0.25, -0.2) is 4.98 Å². The van der Waals surface area contributed by atoms with Crippen LogP contribution < -0.4 is 5.32 Å². The highest BCUT2D eigenvalue weighted by Gasteiger charge is 2.19. The molecule has 0 fully saturated rings. The third-order valence-corrected chi connectivity index (χ3v) is 5.09. The molecule has 0 bridgehead atoms. The largest absolute Gasteiger partial charge is 0.322 e. The van der Waals surface area contributed by atoms with Gasteiger partial charge in [-0.1, -0.05) is 0 Å². The first-order valence-electron chi connectivity index (χ1n) is 9.08. The lowest BCUT2D eigenvalue weighted by molar-refractivity contribution is 0.502. The summed E-state index contributed by atoms with van der Waals surface area (Å²) in [7, 11) is 0. The molecule has 2 aliphatic heterocycles. The average molecular weight is 375 g/mol. The molecule has 0 saturated carbocycles. The molecule has 0 aliphatic carbocycles. The summed E-state index contributed by atoms with van der Waals surface area (Å²) in [5, 5.41) is 17.0. The summed E-state index contributed by atoms with van der Waals surface area (Å²) in [4.78, 5) is 4.56. The highest BCUT2D eigenvalue weighted by atomic mass is 35.5. The molecule has 0 radical (unpaired) electrons. The second kappa shape index (κ2) is 7.20. The van der Waals surface area contributed by atoms with E-state index in [0.29, 0.717) is 6.54 Å². The third-order valence-electron chi connectivity index (χ3n) is 5.09. The van der Waals surface area contributed by atoms with Gasteiger partial charge in [0, 0.05) is 38.4 Å². The van der Waals surface area contributed by atoms with Gasteiger partial charge >= 0.3 is 0 Å². The van der Waals surface area contributed by atoms with Gasteiger partial charge in [-0.15, -0.1) is 22.6 Å². The fraction of sp³-hybridized carbons (Fsp3) is 0.529. The first kappa shape index (κ1) is 17.2. The highest BCUT2D eigenvalue weighted by molar-refractivity contribution is 5.85. The van der Waals surface area contributed by atoms with Crippen molar-refractivity contribution in [1.29, 1.82) is 0 Å². The molecule has 5 heterocycles. The molecule has 3 aromatic heterocycles. The Bertz CT molecular complexity index is 869. The Kier molecular flexibility index (Phi) is 4.78. The average Bonchev–Trinajstić information content (AvgIpc) is 3.32. The number of nitrogens with zero attached hydrogens (tertiary/aromatic N) is 7. The van der Waals surface area contributed by atoms with E-state index in [-0.39, 0.29) is 12.4 Å². The molecular weight excluding hydrogens is 352 g/mol. The van der Waals surface area contributed by atoms with Gasteiger partial charge in [0.05, 0.1) is 12.2 Å². The van der Waals surface area contributed by atoms with E-state index in [0.717, 1.165) is 62.2 Å². The van der Waals surface area contributed by atoms with Gasteiger partial charge in [0.2, 0.25) is 0 Å². The zero-order valence-electron chi connectivity index (χ0n) is 14.6. The van der Waals surface area contributed by atoms with E-state index < -0.39 is 0 Å². The lowest BCUT2D eigenvalue weighted by atomic mass is 10.2. The van der Waals surface area contributed by atoms with E-state index in [2.05, 4.69) is 40.4 Å². The van der Waals surface area contributed by atoms with E-state index >= 15 is 0 Å². The normalized spacial score (nSPS) is 16.5. The quantitative estimate of drug-likeness (QED) is 0.754. The van der Waals surface area contributed by atoms with Crippen LogP contribution in [0.5, 0.6) is 0 Å². The molecule has 26 heavy (non-hydrogen) atoms. The topological polar surface area (TPSA) is 78.4 Å². The molecule has 138 valence electrons. The fourth-order valence-electron chi connectivity index (χ4n) is 3.78. The summed E-state index contributed by atoms with van der Waals surface area (Å²) in [5.74, 6) is 3.02. The Hall–Kier alpha value is -2.19. The number of hydrogen-bond acceptors (Lipinski definition) is 5. The molecule has 0 saturated heterocycles. The molecule has 1 N–H and O–H groups in total. The van der Waals surface area contributed by atoms with Crippen LogP contribution in [0.25, 0.3) is 11.5 Å². The number of aryl methyl sites for hydroxylation is 2. The summed E-state index contributed by atoms with van der Waals surface area (Å²) in [6.45, 7) is 4.58. The lowest BCUT2D eigenvalue weighted by Crippen LogP contribution is -2.15. The Morgan fingerprint density at radius 2 is 2.08 bits per heavy atom. The first-order chi connectivity index (χ1) is 12.4. The lowest BCUT2D eigenvalue weighted by Gasteiger charge is -2.15. The second-order valence-corrected chi connectivity index (χ2v) is 6.79. The Balaban J connectivity index is 0.00000168. The number of rotatable bonds is 3. The molecular formula is C17H23ClN8. The van der Waals surface area contributed by atoms with Crippen LogP contribution in [-0.2, 0) is 32.6 Å². The molecule has 0 unspecified atom stereocenters. The third kappa shape index (κ3) is 3.03. The summed E-state index contributed by atoms with van der Waals surface area (Å²) < 4.78 is 6.49. The van der Waals surface area contributed by atoms with Crippen LogP contribution in [0.15, 0.2) is 18.5 Å². The number of imidazole rings is 1. The van der Waals surface area contributed by atoms with Crippen molar-refractivity contribution in [3.8, 4) is 11.5 Å². The maximum absolute atomic E-state index is 4.78. The van der Waals surface area contributed by atoms with Gasteiger partial charge in [-0.3, -0.25) is 4.68 Å². The maximum atomic E-state index is 4.78. The molecule has 0 amide bonds. The van der Waals surface area contributed by atoms with Crippen LogP contribution in [0, 0.1) is 0 Å². The van der Waals surface area contributed by atoms with Crippen molar-refractivity contribution >= 4 is 12.4 Å². The highest BCUT2D eigenvalue weighted by Crippen LogP contribution is 2.21. The van der Waals surface area contributed by atoms with Crippen molar-refractivity contribution < 1.29 is 0 Å².